The molecule has 28 heavy (non-hydrogen) atoms. The van der Waals surface area contributed by atoms with E-state index in [0.717, 1.165) is 5.56 Å². The molecule has 2 N–H and O–H groups in total. The predicted molar refractivity (Wildman–Crippen MR) is 106 cm³/mol. The van der Waals surface area contributed by atoms with Crippen molar-refractivity contribution in [2.24, 2.45) is 0 Å². The van der Waals surface area contributed by atoms with Crippen LogP contribution in [0.5, 0.6) is 0 Å². The van der Waals surface area contributed by atoms with E-state index in [1.165, 1.54) is 36.0 Å². The minimum atomic E-state index is -0.487. The fourth-order valence-corrected chi connectivity index (χ4v) is 3.44. The van der Waals surface area contributed by atoms with Gasteiger partial charge in [0.05, 0.1) is 5.57 Å². The maximum absolute atomic E-state index is 13.2. The van der Waals surface area contributed by atoms with E-state index in [-0.39, 0.29) is 11.7 Å². The molecule has 4 rings (SSSR count). The summed E-state index contributed by atoms with van der Waals surface area (Å²) in [5.74, 6) is -0.107. The highest BCUT2D eigenvalue weighted by Gasteiger charge is 2.34. The summed E-state index contributed by atoms with van der Waals surface area (Å²) in [6.07, 6.45) is 5.27. The summed E-state index contributed by atoms with van der Waals surface area (Å²) in [6, 6.07) is 8.86. The molecule has 0 bridgehead atoms. The van der Waals surface area contributed by atoms with Crippen LogP contribution in [0, 0.1) is 5.82 Å². The lowest BCUT2D eigenvalue weighted by Crippen LogP contribution is -2.31. The highest BCUT2D eigenvalue weighted by atomic mass is 32.2. The Kier molecular flexibility index (Phi) is 4.82. The Morgan fingerprint density at radius 2 is 2.07 bits per heavy atom. The number of benzene rings is 1. The molecule has 3 heterocycles. The molecule has 2 aromatic heterocycles. The normalized spacial score (nSPS) is 15.8. The first kappa shape index (κ1) is 18.2. The van der Waals surface area contributed by atoms with E-state index >= 15 is 0 Å². The van der Waals surface area contributed by atoms with Gasteiger partial charge in [0, 0.05) is 23.8 Å². The van der Waals surface area contributed by atoms with Gasteiger partial charge in [-0.25, -0.2) is 9.07 Å². The molecule has 1 aliphatic rings. The zero-order chi connectivity index (χ0) is 19.7. The Hall–Kier alpha value is -3.20. The van der Waals surface area contributed by atoms with Crippen molar-refractivity contribution in [3.63, 3.8) is 0 Å². The van der Waals surface area contributed by atoms with Crippen LogP contribution >= 0.6 is 11.8 Å². The average Bonchev–Trinajstić information content (AvgIpc) is 3.12. The molecule has 1 unspecified atom stereocenters. The Morgan fingerprint density at radius 3 is 2.75 bits per heavy atom. The Labute approximate surface area is 165 Å². The number of aromatic nitrogens is 4. The van der Waals surface area contributed by atoms with E-state index in [4.69, 9.17) is 0 Å². The highest BCUT2D eigenvalue weighted by molar-refractivity contribution is 7.98. The maximum Gasteiger partial charge on any atom is 0.255 e. The van der Waals surface area contributed by atoms with Crippen LogP contribution in [0.2, 0.25) is 0 Å². The van der Waals surface area contributed by atoms with Gasteiger partial charge in [0.15, 0.2) is 0 Å². The van der Waals surface area contributed by atoms with Gasteiger partial charge in [-0.15, -0.1) is 5.10 Å². The molecular formula is C19H17FN6OS. The molecule has 3 aromatic rings. The maximum atomic E-state index is 13.2. The topological polar surface area (TPSA) is 84.7 Å². The summed E-state index contributed by atoms with van der Waals surface area (Å²) in [7, 11) is 0. The number of amides is 1. The second-order valence-electron chi connectivity index (χ2n) is 6.18. The zero-order valence-corrected chi connectivity index (χ0v) is 16.0. The smallest absolute Gasteiger partial charge is 0.255 e. The van der Waals surface area contributed by atoms with Gasteiger partial charge in [-0.05, 0) is 49.1 Å². The molecule has 9 heteroatoms. The molecule has 0 radical (unpaired) electrons. The van der Waals surface area contributed by atoms with Crippen LogP contribution in [0.15, 0.2) is 65.2 Å². The Morgan fingerprint density at radius 1 is 1.29 bits per heavy atom. The number of anilines is 2. The second-order valence-corrected chi connectivity index (χ2v) is 6.95. The summed E-state index contributed by atoms with van der Waals surface area (Å²) in [5, 5.41) is 11.1. The Bertz CT molecular complexity index is 1050. The molecule has 0 aliphatic carbocycles. The first-order valence-corrected chi connectivity index (χ1v) is 9.74. The summed E-state index contributed by atoms with van der Waals surface area (Å²) in [6.45, 7) is 1.82. The summed E-state index contributed by atoms with van der Waals surface area (Å²) in [5.41, 5.74) is 2.47. The van der Waals surface area contributed by atoms with E-state index in [2.05, 4.69) is 25.7 Å². The van der Waals surface area contributed by atoms with Crippen LogP contribution in [0.1, 0.15) is 18.5 Å². The van der Waals surface area contributed by atoms with Gasteiger partial charge in [-0.1, -0.05) is 17.8 Å². The molecule has 1 aliphatic heterocycles. The molecule has 1 atom stereocenters. The third-order valence-corrected chi connectivity index (χ3v) is 4.90. The van der Waals surface area contributed by atoms with Crippen molar-refractivity contribution in [1.29, 1.82) is 0 Å². The monoisotopic (exact) mass is 396 g/mol. The fraction of sp³-hybridized carbons (Fsp3) is 0.158. The molecule has 7 nitrogen and oxygen atoms in total. The lowest BCUT2D eigenvalue weighted by atomic mass is 9.96. The standard InChI is InChI=1S/C19H17FN6OS/c1-11-15(17(27)23-14-7-5-13(20)6-8-14)16(12-4-3-9-21-10-12)26-18(22-11)24-19(25-26)28-2/h3-10,16H,1-2H3,(H,23,27)(H,22,24,25). The van der Waals surface area contributed by atoms with Crippen molar-refractivity contribution in [2.45, 2.75) is 18.1 Å². The Balaban J connectivity index is 1.76. The van der Waals surface area contributed by atoms with Crippen LogP contribution in [0.25, 0.3) is 0 Å². The third kappa shape index (κ3) is 3.36. The number of carbonyl (C=O) groups is 1. The number of carbonyl (C=O) groups excluding carboxylic acids is 1. The van der Waals surface area contributed by atoms with Gasteiger partial charge in [-0.2, -0.15) is 4.98 Å². The number of nitrogens with zero attached hydrogens (tertiary/aromatic N) is 4. The molecule has 0 saturated heterocycles. The van der Waals surface area contributed by atoms with E-state index < -0.39 is 6.04 Å². The van der Waals surface area contributed by atoms with Crippen LogP contribution in [-0.2, 0) is 4.79 Å². The number of hydrogen-bond donors (Lipinski definition) is 2. The van der Waals surface area contributed by atoms with Crippen molar-refractivity contribution in [1.82, 2.24) is 19.7 Å². The van der Waals surface area contributed by atoms with Gasteiger partial charge in [0.25, 0.3) is 5.91 Å². The lowest BCUT2D eigenvalue weighted by Gasteiger charge is -2.28. The molecule has 0 saturated carbocycles. The number of halogens is 1. The van der Waals surface area contributed by atoms with Gasteiger partial charge in [0.1, 0.15) is 11.9 Å². The van der Waals surface area contributed by atoms with Gasteiger partial charge >= 0.3 is 0 Å². The number of thioether (sulfide) groups is 1. The molecule has 1 amide bonds. The quantitative estimate of drug-likeness (QED) is 0.657. The van der Waals surface area contributed by atoms with Crippen molar-refractivity contribution in [2.75, 3.05) is 16.9 Å². The van der Waals surface area contributed by atoms with E-state index in [1.54, 1.807) is 17.1 Å². The van der Waals surface area contributed by atoms with Gasteiger partial charge in [0.2, 0.25) is 11.1 Å². The van der Waals surface area contributed by atoms with Crippen molar-refractivity contribution < 1.29 is 9.18 Å². The number of nitrogens with one attached hydrogen (secondary N) is 2. The van der Waals surface area contributed by atoms with E-state index in [9.17, 15) is 9.18 Å². The SMILES string of the molecule is CSc1nc2n(n1)C(c1cccnc1)C(C(=O)Nc1ccc(F)cc1)=C(C)N2. The van der Waals surface area contributed by atoms with Crippen molar-refractivity contribution in [3.8, 4) is 0 Å². The van der Waals surface area contributed by atoms with Crippen LogP contribution in [-0.4, -0.2) is 31.9 Å². The fourth-order valence-electron chi connectivity index (χ4n) is 3.09. The molecule has 0 fully saturated rings. The van der Waals surface area contributed by atoms with Crippen LogP contribution in [0.4, 0.5) is 16.0 Å². The molecule has 142 valence electrons. The van der Waals surface area contributed by atoms with E-state index in [0.29, 0.717) is 28.1 Å². The zero-order valence-electron chi connectivity index (χ0n) is 15.2. The average molecular weight is 396 g/mol. The number of allylic oxidation sites excluding steroid dienone is 1. The largest absolute Gasteiger partial charge is 0.328 e. The minimum Gasteiger partial charge on any atom is -0.328 e. The number of hydrogen-bond acceptors (Lipinski definition) is 6. The van der Waals surface area contributed by atoms with Gasteiger partial charge < -0.3 is 10.6 Å². The summed E-state index contributed by atoms with van der Waals surface area (Å²) in [4.78, 5) is 21.8. The summed E-state index contributed by atoms with van der Waals surface area (Å²) < 4.78 is 14.9. The highest BCUT2D eigenvalue weighted by Crippen LogP contribution is 2.36. The second kappa shape index (κ2) is 7.43. The predicted octanol–water partition coefficient (Wildman–Crippen LogP) is 3.46. The minimum absolute atomic E-state index is 0.308. The number of pyridine rings is 1. The van der Waals surface area contributed by atoms with Crippen molar-refractivity contribution >= 4 is 29.3 Å². The third-order valence-electron chi connectivity index (χ3n) is 4.36. The lowest BCUT2D eigenvalue weighted by molar-refractivity contribution is -0.113. The first-order chi connectivity index (χ1) is 13.6. The van der Waals surface area contributed by atoms with Crippen LogP contribution in [0.3, 0.4) is 0 Å². The molecule has 1 aromatic carbocycles. The van der Waals surface area contributed by atoms with Crippen LogP contribution < -0.4 is 10.6 Å². The van der Waals surface area contributed by atoms with Crippen molar-refractivity contribution in [3.05, 3.63) is 71.4 Å². The van der Waals surface area contributed by atoms with Gasteiger partial charge in [-0.3, -0.25) is 9.78 Å². The van der Waals surface area contributed by atoms with E-state index in [1.807, 2.05) is 25.3 Å². The first-order valence-electron chi connectivity index (χ1n) is 8.52. The molecule has 0 spiro atoms. The number of rotatable bonds is 4. The summed E-state index contributed by atoms with van der Waals surface area (Å²) >= 11 is 1.42. The number of fused-ring (bicyclic) bond motifs is 1. The molecular weight excluding hydrogens is 379 g/mol.